The van der Waals surface area contributed by atoms with Crippen molar-refractivity contribution in [1.82, 2.24) is 5.32 Å². The lowest BCUT2D eigenvalue weighted by molar-refractivity contribution is -0.0167. The van der Waals surface area contributed by atoms with Crippen LogP contribution in [0.4, 0.5) is 0 Å². The number of sulfone groups is 1. The first-order valence-electron chi connectivity index (χ1n) is 9.44. The highest BCUT2D eigenvalue weighted by atomic mass is 32.2. The SMILES string of the molecule is CC(C)S(=O)(=O)c1ccc(C(=O)NC23CC4CC(CC(C4)C2)C3)cc1. The van der Waals surface area contributed by atoms with E-state index in [9.17, 15) is 13.2 Å². The van der Waals surface area contributed by atoms with Gasteiger partial charge < -0.3 is 5.32 Å². The van der Waals surface area contributed by atoms with Crippen molar-refractivity contribution in [3.8, 4) is 0 Å². The van der Waals surface area contributed by atoms with E-state index in [0.29, 0.717) is 5.56 Å². The molecule has 25 heavy (non-hydrogen) atoms. The summed E-state index contributed by atoms with van der Waals surface area (Å²) in [5.74, 6) is 2.29. The fourth-order valence-corrected chi connectivity index (χ4v) is 6.70. The molecule has 0 spiro atoms. The molecule has 0 unspecified atom stereocenters. The number of rotatable bonds is 4. The zero-order valence-corrected chi connectivity index (χ0v) is 15.8. The van der Waals surface area contributed by atoms with Crippen molar-refractivity contribution in [2.24, 2.45) is 17.8 Å². The Kier molecular flexibility index (Phi) is 3.98. The maximum absolute atomic E-state index is 12.8. The smallest absolute Gasteiger partial charge is 0.251 e. The van der Waals surface area contributed by atoms with E-state index in [1.165, 1.54) is 19.3 Å². The first-order valence-corrected chi connectivity index (χ1v) is 11.0. The molecule has 4 saturated carbocycles. The second kappa shape index (κ2) is 5.83. The highest BCUT2D eigenvalue weighted by molar-refractivity contribution is 7.92. The Bertz CT molecular complexity index is 744. The van der Waals surface area contributed by atoms with Crippen molar-refractivity contribution in [1.29, 1.82) is 0 Å². The summed E-state index contributed by atoms with van der Waals surface area (Å²) in [6.07, 6.45) is 7.38. The van der Waals surface area contributed by atoms with Crippen LogP contribution in [0.25, 0.3) is 0 Å². The summed E-state index contributed by atoms with van der Waals surface area (Å²) in [6.45, 7) is 3.34. The molecule has 0 radical (unpaired) electrons. The standard InChI is InChI=1S/C20H27NO3S/c1-13(2)25(23,24)18-5-3-17(4-6-18)19(22)21-20-10-14-7-15(11-20)9-16(8-14)12-20/h3-6,13-16H,7-12H2,1-2H3,(H,21,22). The van der Waals surface area contributed by atoms with Crippen LogP contribution in [-0.4, -0.2) is 25.1 Å². The van der Waals surface area contributed by atoms with E-state index in [1.54, 1.807) is 38.1 Å². The fourth-order valence-electron chi connectivity index (χ4n) is 5.64. The molecule has 0 aromatic heterocycles. The molecule has 0 aliphatic heterocycles. The molecule has 1 aromatic rings. The molecule has 4 aliphatic carbocycles. The van der Waals surface area contributed by atoms with E-state index < -0.39 is 15.1 Å². The van der Waals surface area contributed by atoms with Gasteiger partial charge in [-0.15, -0.1) is 0 Å². The number of hydrogen-bond donors (Lipinski definition) is 1. The molecular formula is C20H27NO3S. The second-order valence-electron chi connectivity index (χ2n) is 8.77. The molecule has 5 rings (SSSR count). The largest absolute Gasteiger partial charge is 0.347 e. The van der Waals surface area contributed by atoms with Crippen molar-refractivity contribution in [2.45, 2.75) is 68.1 Å². The minimum Gasteiger partial charge on any atom is -0.347 e. The van der Waals surface area contributed by atoms with Crippen molar-refractivity contribution in [3.05, 3.63) is 29.8 Å². The van der Waals surface area contributed by atoms with Gasteiger partial charge in [-0.05, 0) is 94.4 Å². The van der Waals surface area contributed by atoms with Crippen molar-refractivity contribution in [2.75, 3.05) is 0 Å². The van der Waals surface area contributed by atoms with Crippen molar-refractivity contribution >= 4 is 15.7 Å². The average Bonchev–Trinajstić information content (AvgIpc) is 2.53. The minimum atomic E-state index is -3.29. The lowest BCUT2D eigenvalue weighted by Crippen LogP contribution is -2.59. The molecule has 4 bridgehead atoms. The summed E-state index contributed by atoms with van der Waals surface area (Å²) in [7, 11) is -3.29. The summed E-state index contributed by atoms with van der Waals surface area (Å²) in [5.41, 5.74) is 0.535. The monoisotopic (exact) mass is 361 g/mol. The molecule has 1 aromatic carbocycles. The van der Waals surface area contributed by atoms with Gasteiger partial charge >= 0.3 is 0 Å². The Morgan fingerprint density at radius 3 is 1.92 bits per heavy atom. The quantitative estimate of drug-likeness (QED) is 0.892. The number of carbonyl (C=O) groups excluding carboxylic acids is 1. The van der Waals surface area contributed by atoms with E-state index in [0.717, 1.165) is 37.0 Å². The van der Waals surface area contributed by atoms with Crippen LogP contribution in [0.3, 0.4) is 0 Å². The van der Waals surface area contributed by atoms with Gasteiger partial charge in [0.05, 0.1) is 10.1 Å². The number of amides is 1. The highest BCUT2D eigenvalue weighted by Crippen LogP contribution is 2.55. The molecule has 1 N–H and O–H groups in total. The van der Waals surface area contributed by atoms with Crippen LogP contribution in [-0.2, 0) is 9.84 Å². The number of hydrogen-bond acceptors (Lipinski definition) is 3. The van der Waals surface area contributed by atoms with Crippen molar-refractivity contribution < 1.29 is 13.2 Å². The lowest BCUT2D eigenvalue weighted by atomic mass is 9.53. The van der Waals surface area contributed by atoms with Gasteiger partial charge in [0.25, 0.3) is 5.91 Å². The molecular weight excluding hydrogens is 334 g/mol. The first kappa shape index (κ1) is 17.1. The Morgan fingerprint density at radius 2 is 1.48 bits per heavy atom. The van der Waals surface area contributed by atoms with E-state index in [4.69, 9.17) is 0 Å². The van der Waals surface area contributed by atoms with Crippen LogP contribution in [0.1, 0.15) is 62.7 Å². The Hall–Kier alpha value is -1.36. The predicted molar refractivity (Wildman–Crippen MR) is 97.1 cm³/mol. The third-order valence-electron chi connectivity index (χ3n) is 6.48. The molecule has 5 heteroatoms. The van der Waals surface area contributed by atoms with Crippen LogP contribution < -0.4 is 5.32 Å². The van der Waals surface area contributed by atoms with Crippen LogP contribution in [0.5, 0.6) is 0 Å². The Morgan fingerprint density at radius 1 is 1.00 bits per heavy atom. The summed E-state index contributed by atoms with van der Waals surface area (Å²) < 4.78 is 24.4. The summed E-state index contributed by atoms with van der Waals surface area (Å²) >= 11 is 0. The number of carbonyl (C=O) groups is 1. The van der Waals surface area contributed by atoms with Crippen LogP contribution >= 0.6 is 0 Å². The fraction of sp³-hybridized carbons (Fsp3) is 0.650. The molecule has 0 saturated heterocycles. The summed E-state index contributed by atoms with van der Waals surface area (Å²) in [6, 6.07) is 6.41. The van der Waals surface area contributed by atoms with Gasteiger partial charge in [-0.25, -0.2) is 8.42 Å². The minimum absolute atomic E-state index is 0.0193. The number of benzene rings is 1. The molecule has 4 fully saturated rings. The Labute approximate surface area is 150 Å². The molecule has 4 aliphatic rings. The molecule has 136 valence electrons. The van der Waals surface area contributed by atoms with Crippen LogP contribution in [0.2, 0.25) is 0 Å². The van der Waals surface area contributed by atoms with E-state index in [1.807, 2.05) is 0 Å². The lowest BCUT2D eigenvalue weighted by Gasteiger charge is -2.56. The maximum Gasteiger partial charge on any atom is 0.251 e. The number of nitrogens with one attached hydrogen (secondary N) is 1. The Balaban J connectivity index is 1.50. The van der Waals surface area contributed by atoms with Crippen molar-refractivity contribution in [3.63, 3.8) is 0 Å². The normalized spacial score (nSPS) is 33.6. The average molecular weight is 362 g/mol. The first-order chi connectivity index (χ1) is 11.8. The molecule has 0 atom stereocenters. The van der Waals surface area contributed by atoms with Gasteiger partial charge in [0.15, 0.2) is 9.84 Å². The van der Waals surface area contributed by atoms with Crippen LogP contribution in [0.15, 0.2) is 29.2 Å². The maximum atomic E-state index is 12.8. The summed E-state index contributed by atoms with van der Waals surface area (Å²) in [4.78, 5) is 13.0. The van der Waals surface area contributed by atoms with E-state index >= 15 is 0 Å². The van der Waals surface area contributed by atoms with Gasteiger partial charge in [-0.3, -0.25) is 4.79 Å². The molecule has 4 nitrogen and oxygen atoms in total. The zero-order chi connectivity index (χ0) is 17.8. The topological polar surface area (TPSA) is 63.2 Å². The van der Waals surface area contributed by atoms with Gasteiger partial charge in [0.2, 0.25) is 0 Å². The van der Waals surface area contributed by atoms with Gasteiger partial charge in [-0.1, -0.05) is 0 Å². The molecule has 1 amide bonds. The summed E-state index contributed by atoms with van der Waals surface area (Å²) in [5, 5.41) is 2.87. The second-order valence-corrected chi connectivity index (χ2v) is 11.3. The third-order valence-corrected chi connectivity index (χ3v) is 8.65. The predicted octanol–water partition coefficient (Wildman–Crippen LogP) is 3.57. The van der Waals surface area contributed by atoms with E-state index in [2.05, 4.69) is 5.32 Å². The van der Waals surface area contributed by atoms with E-state index in [-0.39, 0.29) is 16.3 Å². The molecule has 0 heterocycles. The van der Waals surface area contributed by atoms with Gasteiger partial charge in [-0.2, -0.15) is 0 Å². The van der Waals surface area contributed by atoms with Gasteiger partial charge in [0, 0.05) is 11.1 Å². The van der Waals surface area contributed by atoms with Gasteiger partial charge in [0.1, 0.15) is 0 Å². The van der Waals surface area contributed by atoms with Crippen LogP contribution in [0, 0.1) is 17.8 Å². The zero-order valence-electron chi connectivity index (χ0n) is 15.0. The third kappa shape index (κ3) is 3.01. The highest BCUT2D eigenvalue weighted by Gasteiger charge is 2.51.